The monoisotopic (exact) mass is 181 g/mol. The zero-order valence-corrected chi connectivity index (χ0v) is 7.34. The van der Waals surface area contributed by atoms with E-state index in [9.17, 15) is 8.78 Å². The Morgan fingerprint density at radius 2 is 2.00 bits per heavy atom. The molecule has 0 spiro atoms. The molecular formula is C6H9F2NOS. The molecule has 0 amide bonds. The van der Waals surface area contributed by atoms with Crippen molar-refractivity contribution >= 4 is 17.0 Å². The van der Waals surface area contributed by atoms with E-state index in [-0.39, 0.29) is 5.23 Å². The number of nitrogens with zero attached hydrogens (tertiary/aromatic N) is 1. The first-order valence-electron chi connectivity index (χ1n) is 3.10. The Labute approximate surface area is 68.0 Å². The maximum absolute atomic E-state index is 13.1. The summed E-state index contributed by atoms with van der Waals surface area (Å²) in [7, 11) is 0. The number of thioether (sulfide) groups is 1. The molecule has 0 aromatic carbocycles. The topological polar surface area (TPSA) is 21.6 Å². The maximum Gasteiger partial charge on any atom is 0.301 e. The highest BCUT2D eigenvalue weighted by Gasteiger charge is 2.54. The molecule has 0 N–H and O–H groups in total. The summed E-state index contributed by atoms with van der Waals surface area (Å²) < 4.78 is 30.8. The zero-order chi connectivity index (χ0) is 8.70. The van der Waals surface area contributed by atoms with Crippen LogP contribution in [0.5, 0.6) is 0 Å². The normalized spacial score (nSPS) is 43.5. The van der Waals surface area contributed by atoms with Crippen molar-refractivity contribution in [2.75, 3.05) is 6.26 Å². The van der Waals surface area contributed by atoms with E-state index in [0.717, 1.165) is 25.6 Å². The van der Waals surface area contributed by atoms with E-state index in [1.165, 1.54) is 0 Å². The standard InChI is InChI=1S/C6H9F2NOS/c1-5(7)6(2,8)10-4(9-5)11-3/h1-3H3. The van der Waals surface area contributed by atoms with Gasteiger partial charge >= 0.3 is 5.85 Å². The van der Waals surface area contributed by atoms with Crippen LogP contribution in [0.2, 0.25) is 0 Å². The van der Waals surface area contributed by atoms with E-state index >= 15 is 0 Å². The molecule has 64 valence electrons. The quantitative estimate of drug-likeness (QED) is 0.534. The van der Waals surface area contributed by atoms with E-state index in [0.29, 0.717) is 0 Å². The number of rotatable bonds is 0. The largest absolute Gasteiger partial charge is 0.430 e. The molecule has 0 aliphatic carbocycles. The highest BCUT2D eigenvalue weighted by molar-refractivity contribution is 8.12. The zero-order valence-electron chi connectivity index (χ0n) is 6.52. The first-order chi connectivity index (χ1) is 4.89. The van der Waals surface area contributed by atoms with Gasteiger partial charge in [-0.05, 0) is 13.2 Å². The minimum Gasteiger partial charge on any atom is -0.430 e. The van der Waals surface area contributed by atoms with Gasteiger partial charge in [0.15, 0.2) is 0 Å². The van der Waals surface area contributed by atoms with Gasteiger partial charge in [0.1, 0.15) is 0 Å². The van der Waals surface area contributed by atoms with Crippen molar-refractivity contribution in [1.82, 2.24) is 0 Å². The molecular weight excluding hydrogens is 172 g/mol. The molecule has 5 heteroatoms. The highest BCUT2D eigenvalue weighted by Crippen LogP contribution is 2.39. The Kier molecular flexibility index (Phi) is 1.86. The second-order valence-electron chi connectivity index (χ2n) is 2.55. The molecule has 11 heavy (non-hydrogen) atoms. The summed E-state index contributed by atoms with van der Waals surface area (Å²) in [4.78, 5) is 3.41. The average molecular weight is 181 g/mol. The predicted octanol–water partition coefficient (Wildman–Crippen LogP) is 2.11. The lowest BCUT2D eigenvalue weighted by Crippen LogP contribution is -2.38. The minimum absolute atomic E-state index is 0.0556. The number of alkyl halides is 2. The van der Waals surface area contributed by atoms with Crippen LogP contribution < -0.4 is 0 Å². The Bertz CT molecular complexity index is 203. The Morgan fingerprint density at radius 1 is 1.45 bits per heavy atom. The molecule has 1 aliphatic heterocycles. The number of halogens is 2. The Balaban J connectivity index is 2.87. The third-order valence-electron chi connectivity index (χ3n) is 1.57. The van der Waals surface area contributed by atoms with Gasteiger partial charge in [0.25, 0.3) is 11.0 Å². The molecule has 0 saturated carbocycles. The molecule has 1 aliphatic rings. The van der Waals surface area contributed by atoms with Gasteiger partial charge in [0, 0.05) is 6.92 Å². The molecule has 0 radical (unpaired) electrons. The van der Waals surface area contributed by atoms with Gasteiger partial charge in [-0.25, -0.2) is 4.39 Å². The van der Waals surface area contributed by atoms with E-state index in [1.807, 2.05) is 0 Å². The fourth-order valence-corrected chi connectivity index (χ4v) is 1.14. The molecule has 0 saturated heterocycles. The van der Waals surface area contributed by atoms with Gasteiger partial charge in [-0.3, -0.25) is 0 Å². The van der Waals surface area contributed by atoms with Crippen molar-refractivity contribution in [3.8, 4) is 0 Å². The van der Waals surface area contributed by atoms with E-state index < -0.39 is 11.6 Å². The van der Waals surface area contributed by atoms with Gasteiger partial charge in [-0.2, -0.15) is 9.38 Å². The van der Waals surface area contributed by atoms with E-state index in [1.54, 1.807) is 6.26 Å². The van der Waals surface area contributed by atoms with Crippen LogP contribution in [0.25, 0.3) is 0 Å². The van der Waals surface area contributed by atoms with Crippen LogP contribution in [0, 0.1) is 0 Å². The Hall–Kier alpha value is -0.320. The van der Waals surface area contributed by atoms with Crippen LogP contribution in [0.3, 0.4) is 0 Å². The van der Waals surface area contributed by atoms with Gasteiger partial charge in [0.05, 0.1) is 0 Å². The fraction of sp³-hybridized carbons (Fsp3) is 0.833. The van der Waals surface area contributed by atoms with Crippen LogP contribution >= 0.6 is 11.8 Å². The summed E-state index contributed by atoms with van der Waals surface area (Å²) in [5, 5.41) is 0.0556. The minimum atomic E-state index is -2.33. The van der Waals surface area contributed by atoms with Crippen molar-refractivity contribution in [1.29, 1.82) is 0 Å². The van der Waals surface area contributed by atoms with Gasteiger partial charge in [0.2, 0.25) is 0 Å². The third-order valence-corrected chi connectivity index (χ3v) is 2.09. The summed E-state index contributed by atoms with van der Waals surface area (Å²) in [6.07, 6.45) is 1.65. The van der Waals surface area contributed by atoms with Gasteiger partial charge < -0.3 is 4.74 Å². The Morgan fingerprint density at radius 3 is 2.18 bits per heavy atom. The molecule has 2 atom stereocenters. The van der Waals surface area contributed by atoms with Crippen molar-refractivity contribution < 1.29 is 13.5 Å². The lowest BCUT2D eigenvalue weighted by Gasteiger charge is -2.21. The molecule has 0 aromatic rings. The highest BCUT2D eigenvalue weighted by atomic mass is 32.2. The summed E-state index contributed by atoms with van der Waals surface area (Å²) in [6, 6.07) is 0. The number of ether oxygens (including phenoxy) is 1. The van der Waals surface area contributed by atoms with Crippen LogP contribution in [0.1, 0.15) is 13.8 Å². The van der Waals surface area contributed by atoms with Crippen molar-refractivity contribution in [3.63, 3.8) is 0 Å². The molecule has 0 bridgehead atoms. The molecule has 2 unspecified atom stereocenters. The lowest BCUT2D eigenvalue weighted by atomic mass is 10.1. The van der Waals surface area contributed by atoms with E-state index in [4.69, 9.17) is 0 Å². The summed E-state index contributed by atoms with van der Waals surface area (Å²) in [6.45, 7) is 2.08. The van der Waals surface area contributed by atoms with E-state index in [2.05, 4.69) is 9.73 Å². The summed E-state index contributed by atoms with van der Waals surface area (Å²) in [5.74, 6) is -4.59. The first-order valence-corrected chi connectivity index (χ1v) is 4.32. The SMILES string of the molecule is CSC1=NC(C)(F)C(C)(F)O1. The number of aliphatic imine (C=N–C) groups is 1. The third kappa shape index (κ3) is 1.34. The van der Waals surface area contributed by atoms with Crippen molar-refractivity contribution in [2.24, 2.45) is 4.99 Å². The second kappa shape index (κ2) is 2.33. The molecule has 0 aromatic heterocycles. The predicted molar refractivity (Wildman–Crippen MR) is 41.1 cm³/mol. The number of hydrogen-bond acceptors (Lipinski definition) is 3. The molecule has 1 rings (SSSR count). The molecule has 0 fully saturated rings. The van der Waals surface area contributed by atoms with Crippen molar-refractivity contribution in [3.05, 3.63) is 0 Å². The second-order valence-corrected chi connectivity index (χ2v) is 3.31. The summed E-state index contributed by atoms with van der Waals surface area (Å²) >= 11 is 1.08. The van der Waals surface area contributed by atoms with Crippen LogP contribution in [0.15, 0.2) is 4.99 Å². The van der Waals surface area contributed by atoms with Crippen LogP contribution in [-0.2, 0) is 4.74 Å². The van der Waals surface area contributed by atoms with Crippen molar-refractivity contribution in [2.45, 2.75) is 25.5 Å². The molecule has 1 heterocycles. The lowest BCUT2D eigenvalue weighted by molar-refractivity contribution is -0.135. The smallest absolute Gasteiger partial charge is 0.301 e. The van der Waals surface area contributed by atoms with Gasteiger partial charge in [-0.15, -0.1) is 0 Å². The first kappa shape index (κ1) is 8.77. The average Bonchev–Trinajstić information content (AvgIpc) is 2.03. The van der Waals surface area contributed by atoms with Gasteiger partial charge in [-0.1, -0.05) is 11.8 Å². The van der Waals surface area contributed by atoms with Crippen LogP contribution in [0.4, 0.5) is 8.78 Å². The fourth-order valence-electron chi connectivity index (χ4n) is 0.639. The van der Waals surface area contributed by atoms with Crippen LogP contribution in [-0.4, -0.2) is 23.1 Å². The molecule has 2 nitrogen and oxygen atoms in total. The summed E-state index contributed by atoms with van der Waals surface area (Å²) in [5.41, 5.74) is 0. The number of hydrogen-bond donors (Lipinski definition) is 0. The maximum atomic E-state index is 13.1.